The van der Waals surface area contributed by atoms with Crippen LogP contribution in [0.3, 0.4) is 0 Å². The van der Waals surface area contributed by atoms with Gasteiger partial charge in [-0.1, -0.05) is 15.9 Å². The summed E-state index contributed by atoms with van der Waals surface area (Å²) in [6.45, 7) is -0.0531. The zero-order valence-electron chi connectivity index (χ0n) is 8.11. The highest BCUT2D eigenvalue weighted by Crippen LogP contribution is 2.19. The predicted molar refractivity (Wildman–Crippen MR) is 60.3 cm³/mol. The normalized spacial score (nSPS) is 10.5. The number of nitrogens with zero attached hydrogens (tertiary/aromatic N) is 1. The summed E-state index contributed by atoms with van der Waals surface area (Å²) in [6, 6.07) is 4.96. The molecule has 0 amide bonds. The maximum absolute atomic E-state index is 10.7. The van der Waals surface area contributed by atoms with Gasteiger partial charge >= 0.3 is 5.97 Å². The van der Waals surface area contributed by atoms with Gasteiger partial charge in [-0.2, -0.15) is 0 Å². The standard InChI is InChI=1S/C10H10BrNO3/c1-15-10(14)6-12-5-7-4-8(11)2-3-9(7)13/h2-5,13H,6H2,1H3. The molecule has 0 saturated carbocycles. The maximum atomic E-state index is 10.7. The summed E-state index contributed by atoms with van der Waals surface area (Å²) in [7, 11) is 1.30. The van der Waals surface area contributed by atoms with Crippen molar-refractivity contribution in [3.63, 3.8) is 0 Å². The molecule has 0 saturated heterocycles. The number of phenolic OH excluding ortho intramolecular Hbond substituents is 1. The molecule has 0 aliphatic rings. The lowest BCUT2D eigenvalue weighted by molar-refractivity contribution is -0.138. The van der Waals surface area contributed by atoms with Crippen LogP contribution in [-0.4, -0.2) is 30.9 Å². The van der Waals surface area contributed by atoms with Gasteiger partial charge in [-0.05, 0) is 18.2 Å². The van der Waals surface area contributed by atoms with E-state index >= 15 is 0 Å². The number of esters is 1. The van der Waals surface area contributed by atoms with Crippen LogP contribution in [0.5, 0.6) is 5.75 Å². The maximum Gasteiger partial charge on any atom is 0.327 e. The molecule has 5 heteroatoms. The Morgan fingerprint density at radius 1 is 1.67 bits per heavy atom. The van der Waals surface area contributed by atoms with Crippen LogP contribution in [0.1, 0.15) is 5.56 Å². The number of benzene rings is 1. The quantitative estimate of drug-likeness (QED) is 0.673. The molecular formula is C10H10BrNO3. The summed E-state index contributed by atoms with van der Waals surface area (Å²) in [5.41, 5.74) is 0.549. The molecule has 0 aliphatic heterocycles. The second kappa shape index (κ2) is 5.50. The van der Waals surface area contributed by atoms with E-state index in [1.807, 2.05) is 0 Å². The van der Waals surface area contributed by atoms with Crippen LogP contribution in [0, 0.1) is 0 Å². The molecule has 0 aliphatic carbocycles. The zero-order chi connectivity index (χ0) is 11.3. The monoisotopic (exact) mass is 271 g/mol. The van der Waals surface area contributed by atoms with Gasteiger partial charge in [0.15, 0.2) is 0 Å². The second-order valence-corrected chi connectivity index (χ2v) is 3.66. The Hall–Kier alpha value is -1.36. The van der Waals surface area contributed by atoms with Crippen LogP contribution in [0.25, 0.3) is 0 Å². The highest BCUT2D eigenvalue weighted by Gasteiger charge is 1.99. The van der Waals surface area contributed by atoms with Crippen molar-refractivity contribution < 1.29 is 14.6 Å². The topological polar surface area (TPSA) is 58.9 Å². The number of aliphatic imine (C=N–C) groups is 1. The van der Waals surface area contributed by atoms with Crippen molar-refractivity contribution in [2.24, 2.45) is 4.99 Å². The summed E-state index contributed by atoms with van der Waals surface area (Å²) < 4.78 is 5.25. The fraction of sp³-hybridized carbons (Fsp3) is 0.200. The number of hydrogen-bond acceptors (Lipinski definition) is 4. The number of halogens is 1. The lowest BCUT2D eigenvalue weighted by Gasteiger charge is -1.98. The van der Waals surface area contributed by atoms with E-state index < -0.39 is 5.97 Å². The van der Waals surface area contributed by atoms with Crippen LogP contribution in [-0.2, 0) is 9.53 Å². The zero-order valence-corrected chi connectivity index (χ0v) is 9.69. The molecule has 15 heavy (non-hydrogen) atoms. The Bertz CT molecular complexity index is 390. The highest BCUT2D eigenvalue weighted by molar-refractivity contribution is 9.10. The van der Waals surface area contributed by atoms with Crippen LogP contribution < -0.4 is 0 Å². The van der Waals surface area contributed by atoms with Gasteiger partial charge in [-0.3, -0.25) is 9.79 Å². The Labute approximate surface area is 95.7 Å². The van der Waals surface area contributed by atoms with E-state index in [2.05, 4.69) is 25.7 Å². The smallest absolute Gasteiger partial charge is 0.327 e. The summed E-state index contributed by atoms with van der Waals surface area (Å²) in [5.74, 6) is -0.299. The van der Waals surface area contributed by atoms with Crippen molar-refractivity contribution in [1.82, 2.24) is 0 Å². The summed E-state index contributed by atoms with van der Waals surface area (Å²) in [5, 5.41) is 9.43. The van der Waals surface area contributed by atoms with E-state index in [9.17, 15) is 9.90 Å². The van der Waals surface area contributed by atoms with Crippen molar-refractivity contribution in [1.29, 1.82) is 0 Å². The van der Waals surface area contributed by atoms with Crippen molar-refractivity contribution in [3.05, 3.63) is 28.2 Å². The van der Waals surface area contributed by atoms with Crippen molar-refractivity contribution in [2.75, 3.05) is 13.7 Å². The Balaban J connectivity index is 2.71. The lowest BCUT2D eigenvalue weighted by Crippen LogP contribution is -2.04. The molecule has 0 spiro atoms. The van der Waals surface area contributed by atoms with Crippen LogP contribution in [0.4, 0.5) is 0 Å². The molecule has 4 nitrogen and oxygen atoms in total. The largest absolute Gasteiger partial charge is 0.507 e. The van der Waals surface area contributed by atoms with Gasteiger partial charge in [0.1, 0.15) is 12.3 Å². The first-order chi connectivity index (χ1) is 7.13. The molecule has 1 rings (SSSR count). The summed E-state index contributed by atoms with van der Waals surface area (Å²) in [4.78, 5) is 14.6. The fourth-order valence-corrected chi connectivity index (χ4v) is 1.29. The van der Waals surface area contributed by atoms with Gasteiger partial charge in [0.05, 0.1) is 7.11 Å². The summed E-state index contributed by atoms with van der Waals surface area (Å²) >= 11 is 3.27. The van der Waals surface area contributed by atoms with Gasteiger partial charge in [0, 0.05) is 16.3 Å². The minimum atomic E-state index is -0.416. The first-order valence-corrected chi connectivity index (χ1v) is 4.98. The molecule has 0 radical (unpaired) electrons. The van der Waals surface area contributed by atoms with E-state index in [1.54, 1.807) is 18.2 Å². The average molecular weight is 272 g/mol. The third-order valence-corrected chi connectivity index (χ3v) is 2.16. The van der Waals surface area contributed by atoms with E-state index in [0.717, 1.165) is 4.47 Å². The number of methoxy groups -OCH3 is 1. The molecule has 1 aromatic carbocycles. The number of rotatable bonds is 3. The predicted octanol–water partition coefficient (Wildman–Crippen LogP) is 1.75. The average Bonchev–Trinajstić information content (AvgIpc) is 2.23. The Morgan fingerprint density at radius 3 is 3.07 bits per heavy atom. The van der Waals surface area contributed by atoms with Gasteiger partial charge in [-0.25, -0.2) is 0 Å². The molecule has 1 aromatic rings. The summed E-state index contributed by atoms with van der Waals surface area (Å²) in [6.07, 6.45) is 1.43. The third kappa shape index (κ3) is 3.71. The molecule has 0 unspecified atom stereocenters. The molecule has 1 N–H and O–H groups in total. The number of carbonyl (C=O) groups is 1. The van der Waals surface area contributed by atoms with E-state index in [0.29, 0.717) is 5.56 Å². The van der Waals surface area contributed by atoms with Gasteiger partial charge in [0.25, 0.3) is 0 Å². The Kier molecular flexibility index (Phi) is 4.30. The number of carbonyl (C=O) groups excluding carboxylic acids is 1. The van der Waals surface area contributed by atoms with E-state index in [4.69, 9.17) is 0 Å². The molecular weight excluding hydrogens is 262 g/mol. The Morgan fingerprint density at radius 2 is 2.40 bits per heavy atom. The molecule has 0 fully saturated rings. The first kappa shape index (κ1) is 11.7. The molecule has 0 atom stereocenters. The molecule has 80 valence electrons. The highest BCUT2D eigenvalue weighted by atomic mass is 79.9. The SMILES string of the molecule is COC(=O)CN=Cc1cc(Br)ccc1O. The van der Waals surface area contributed by atoms with Crippen LogP contribution in [0.2, 0.25) is 0 Å². The first-order valence-electron chi connectivity index (χ1n) is 4.18. The molecule has 0 heterocycles. The van der Waals surface area contributed by atoms with Crippen molar-refractivity contribution in [3.8, 4) is 5.75 Å². The molecule has 0 bridgehead atoms. The minimum Gasteiger partial charge on any atom is -0.507 e. The van der Waals surface area contributed by atoms with Crippen molar-refractivity contribution >= 4 is 28.1 Å². The fourth-order valence-electron chi connectivity index (χ4n) is 0.912. The lowest BCUT2D eigenvalue weighted by atomic mass is 10.2. The van der Waals surface area contributed by atoms with E-state index in [-0.39, 0.29) is 12.3 Å². The third-order valence-electron chi connectivity index (χ3n) is 1.67. The number of ether oxygens (including phenoxy) is 1. The van der Waals surface area contributed by atoms with Crippen LogP contribution in [0.15, 0.2) is 27.7 Å². The van der Waals surface area contributed by atoms with Gasteiger partial charge in [-0.15, -0.1) is 0 Å². The molecule has 0 aromatic heterocycles. The van der Waals surface area contributed by atoms with Crippen molar-refractivity contribution in [2.45, 2.75) is 0 Å². The van der Waals surface area contributed by atoms with Crippen LogP contribution >= 0.6 is 15.9 Å². The number of hydrogen-bond donors (Lipinski definition) is 1. The number of phenols is 1. The number of aromatic hydroxyl groups is 1. The van der Waals surface area contributed by atoms with E-state index in [1.165, 1.54) is 13.3 Å². The van der Waals surface area contributed by atoms with Gasteiger partial charge < -0.3 is 9.84 Å². The van der Waals surface area contributed by atoms with Gasteiger partial charge in [0.2, 0.25) is 0 Å². The minimum absolute atomic E-state index is 0.0531. The second-order valence-electron chi connectivity index (χ2n) is 2.75.